The number of hydrogen-bond donors (Lipinski definition) is 4. The number of benzene rings is 1. The Morgan fingerprint density at radius 3 is 2.83 bits per heavy atom. The summed E-state index contributed by atoms with van der Waals surface area (Å²) in [7, 11) is 4.14. The standard InChI is InChI=1S/C16H21N5OS2/c1-21(2)10-9-18-16(23)20-19-14(22)11-24-13-7-3-5-12-6-4-8-17-15(12)13/h3-8H,9-11H2,1-2H3,(H,19,22)(H2,18,20,23)/p+1. The van der Waals surface area contributed by atoms with Crippen LogP contribution in [0.1, 0.15) is 0 Å². The third-order valence-corrected chi connectivity index (χ3v) is 4.47. The summed E-state index contributed by atoms with van der Waals surface area (Å²) >= 11 is 6.55. The molecule has 6 nitrogen and oxygen atoms in total. The number of nitrogens with one attached hydrogen (secondary N) is 4. The number of nitrogens with zero attached hydrogens (tertiary/aromatic N) is 1. The number of amides is 1. The SMILES string of the molecule is C[NH+](C)CCNC(=S)NNC(=O)CSc1cccc2cccnc12. The van der Waals surface area contributed by atoms with Crippen LogP contribution in [-0.2, 0) is 4.79 Å². The van der Waals surface area contributed by atoms with Gasteiger partial charge in [-0.05, 0) is 24.4 Å². The molecule has 2 aromatic rings. The Balaban J connectivity index is 1.76. The van der Waals surface area contributed by atoms with Gasteiger partial charge in [-0.1, -0.05) is 18.2 Å². The number of thioether (sulfide) groups is 1. The molecule has 0 unspecified atom stereocenters. The Morgan fingerprint density at radius 1 is 1.25 bits per heavy atom. The number of para-hydroxylation sites is 1. The molecular formula is C16H22N5OS2+. The van der Waals surface area contributed by atoms with Crippen LogP contribution >= 0.6 is 24.0 Å². The number of rotatable bonds is 6. The monoisotopic (exact) mass is 364 g/mol. The van der Waals surface area contributed by atoms with Crippen molar-refractivity contribution < 1.29 is 9.69 Å². The first-order chi connectivity index (χ1) is 11.6. The number of thiocarbonyl (C=S) groups is 1. The van der Waals surface area contributed by atoms with Gasteiger partial charge in [-0.15, -0.1) is 11.8 Å². The molecule has 0 aliphatic heterocycles. The Morgan fingerprint density at radius 2 is 2.04 bits per heavy atom. The van der Waals surface area contributed by atoms with E-state index in [0.717, 1.165) is 28.9 Å². The second kappa shape index (κ2) is 9.41. The quantitative estimate of drug-likeness (QED) is 0.328. The summed E-state index contributed by atoms with van der Waals surface area (Å²) in [5.41, 5.74) is 6.22. The van der Waals surface area contributed by atoms with Crippen LogP contribution in [0.15, 0.2) is 41.4 Å². The maximum Gasteiger partial charge on any atom is 0.248 e. The maximum atomic E-state index is 11.9. The van der Waals surface area contributed by atoms with Gasteiger partial charge in [-0.2, -0.15) is 0 Å². The number of likely N-dealkylation sites (N-methyl/N-ethyl adjacent to an activating group) is 1. The summed E-state index contributed by atoms with van der Waals surface area (Å²) < 4.78 is 0. The fourth-order valence-electron chi connectivity index (χ4n) is 1.97. The van der Waals surface area contributed by atoms with Crippen LogP contribution in [0.5, 0.6) is 0 Å². The van der Waals surface area contributed by atoms with Crippen LogP contribution in [0.4, 0.5) is 0 Å². The zero-order valence-corrected chi connectivity index (χ0v) is 15.4. The Labute approximate surface area is 151 Å². The molecule has 0 aliphatic rings. The summed E-state index contributed by atoms with van der Waals surface area (Å²) in [6.07, 6.45) is 1.76. The smallest absolute Gasteiger partial charge is 0.248 e. The lowest BCUT2D eigenvalue weighted by Crippen LogP contribution is -3.06. The molecule has 0 radical (unpaired) electrons. The summed E-state index contributed by atoms with van der Waals surface area (Å²) in [6.45, 7) is 1.69. The van der Waals surface area contributed by atoms with Gasteiger partial charge in [0.2, 0.25) is 5.91 Å². The van der Waals surface area contributed by atoms with E-state index in [-0.39, 0.29) is 11.7 Å². The first kappa shape index (κ1) is 18.4. The second-order valence-corrected chi connectivity index (χ2v) is 6.93. The lowest BCUT2D eigenvalue weighted by Gasteiger charge is -2.12. The molecule has 1 aromatic heterocycles. The lowest BCUT2D eigenvalue weighted by atomic mass is 10.2. The zero-order valence-electron chi connectivity index (χ0n) is 13.8. The number of fused-ring (bicyclic) bond motifs is 1. The van der Waals surface area contributed by atoms with Crippen LogP contribution in [0, 0.1) is 0 Å². The van der Waals surface area contributed by atoms with Gasteiger partial charge >= 0.3 is 0 Å². The number of hydrazine groups is 1. The number of aromatic nitrogens is 1. The van der Waals surface area contributed by atoms with Gasteiger partial charge < -0.3 is 10.2 Å². The molecular weight excluding hydrogens is 342 g/mol. The number of carbonyl (C=O) groups is 1. The molecule has 1 heterocycles. The molecule has 0 fully saturated rings. The number of pyridine rings is 1. The molecule has 24 heavy (non-hydrogen) atoms. The molecule has 4 N–H and O–H groups in total. The van der Waals surface area contributed by atoms with Gasteiger partial charge in [-0.25, -0.2) is 0 Å². The average Bonchev–Trinajstić information content (AvgIpc) is 2.57. The van der Waals surface area contributed by atoms with E-state index in [4.69, 9.17) is 12.2 Å². The third-order valence-electron chi connectivity index (χ3n) is 3.18. The number of hydrogen-bond acceptors (Lipinski definition) is 4. The van der Waals surface area contributed by atoms with Crippen LogP contribution < -0.4 is 21.1 Å². The maximum absolute atomic E-state index is 11.9. The van der Waals surface area contributed by atoms with E-state index in [9.17, 15) is 4.79 Å². The van der Waals surface area contributed by atoms with Gasteiger partial charge in [-0.3, -0.25) is 20.6 Å². The first-order valence-corrected chi connectivity index (χ1v) is 9.04. The third kappa shape index (κ3) is 5.95. The van der Waals surface area contributed by atoms with Crippen molar-refractivity contribution in [3.8, 4) is 0 Å². The highest BCUT2D eigenvalue weighted by molar-refractivity contribution is 8.00. The largest absolute Gasteiger partial charge is 0.356 e. The number of quaternary nitrogens is 1. The van der Waals surface area contributed by atoms with Crippen molar-refractivity contribution >= 4 is 45.9 Å². The molecule has 128 valence electrons. The fourth-order valence-corrected chi connectivity index (χ4v) is 2.96. The summed E-state index contributed by atoms with van der Waals surface area (Å²) in [5, 5.41) is 4.52. The van der Waals surface area contributed by atoms with Crippen LogP contribution in [0.2, 0.25) is 0 Å². The average molecular weight is 365 g/mol. The van der Waals surface area contributed by atoms with E-state index in [0.29, 0.717) is 5.11 Å². The highest BCUT2D eigenvalue weighted by Crippen LogP contribution is 2.25. The lowest BCUT2D eigenvalue weighted by molar-refractivity contribution is -0.856. The van der Waals surface area contributed by atoms with Crippen molar-refractivity contribution in [3.05, 3.63) is 36.5 Å². The molecule has 0 spiro atoms. The Kier molecular flexibility index (Phi) is 7.23. The predicted molar refractivity (Wildman–Crippen MR) is 102 cm³/mol. The molecule has 2 rings (SSSR count). The molecule has 1 amide bonds. The van der Waals surface area contributed by atoms with Crippen molar-refractivity contribution in [3.63, 3.8) is 0 Å². The van der Waals surface area contributed by atoms with E-state index >= 15 is 0 Å². The van der Waals surface area contributed by atoms with Crippen molar-refractivity contribution in [2.75, 3.05) is 32.9 Å². The van der Waals surface area contributed by atoms with Crippen LogP contribution in [-0.4, -0.2) is 48.9 Å². The van der Waals surface area contributed by atoms with Crippen molar-refractivity contribution in [1.29, 1.82) is 0 Å². The Bertz CT molecular complexity index is 702. The van der Waals surface area contributed by atoms with Crippen molar-refractivity contribution in [2.45, 2.75) is 4.90 Å². The van der Waals surface area contributed by atoms with Gasteiger partial charge in [0.05, 0.1) is 38.5 Å². The summed E-state index contributed by atoms with van der Waals surface area (Å²) in [4.78, 5) is 18.6. The Hall–Kier alpha value is -1.90. The fraction of sp³-hybridized carbons (Fsp3) is 0.312. The molecule has 0 bridgehead atoms. The summed E-state index contributed by atoms with van der Waals surface area (Å²) in [5.74, 6) is 0.142. The molecule has 0 saturated carbocycles. The summed E-state index contributed by atoms with van der Waals surface area (Å²) in [6, 6.07) is 9.85. The van der Waals surface area contributed by atoms with Crippen LogP contribution in [0.25, 0.3) is 10.9 Å². The van der Waals surface area contributed by atoms with E-state index in [1.165, 1.54) is 16.7 Å². The minimum absolute atomic E-state index is 0.143. The van der Waals surface area contributed by atoms with Gasteiger partial charge in [0.1, 0.15) is 0 Å². The zero-order chi connectivity index (χ0) is 17.4. The van der Waals surface area contributed by atoms with Crippen molar-refractivity contribution in [1.82, 2.24) is 21.2 Å². The van der Waals surface area contributed by atoms with E-state index in [1.807, 2.05) is 30.3 Å². The highest BCUT2D eigenvalue weighted by Gasteiger charge is 2.07. The van der Waals surface area contributed by atoms with E-state index < -0.39 is 0 Å². The topological polar surface area (TPSA) is 70.5 Å². The van der Waals surface area contributed by atoms with Gasteiger partial charge in [0.15, 0.2) is 5.11 Å². The van der Waals surface area contributed by atoms with Crippen LogP contribution in [0.3, 0.4) is 0 Å². The normalized spacial score (nSPS) is 10.6. The van der Waals surface area contributed by atoms with Crippen molar-refractivity contribution in [2.24, 2.45) is 0 Å². The second-order valence-electron chi connectivity index (χ2n) is 5.51. The molecule has 0 saturated heterocycles. The van der Waals surface area contributed by atoms with E-state index in [2.05, 4.69) is 35.2 Å². The first-order valence-electron chi connectivity index (χ1n) is 7.64. The highest BCUT2D eigenvalue weighted by atomic mass is 32.2. The predicted octanol–water partition coefficient (Wildman–Crippen LogP) is -0.0333. The molecule has 0 atom stereocenters. The molecule has 8 heteroatoms. The number of carbonyl (C=O) groups excluding carboxylic acids is 1. The molecule has 0 aliphatic carbocycles. The van der Waals surface area contributed by atoms with E-state index in [1.54, 1.807) is 6.20 Å². The van der Waals surface area contributed by atoms with Gasteiger partial charge in [0, 0.05) is 16.5 Å². The molecule has 1 aromatic carbocycles. The minimum Gasteiger partial charge on any atom is -0.356 e. The minimum atomic E-state index is -0.143. The van der Waals surface area contributed by atoms with Gasteiger partial charge in [0.25, 0.3) is 0 Å².